The van der Waals surface area contributed by atoms with Gasteiger partial charge in [0.25, 0.3) is 0 Å². The molecule has 0 bridgehead atoms. The largest absolute Gasteiger partial charge is 0.508 e. The summed E-state index contributed by atoms with van der Waals surface area (Å²) in [5.41, 5.74) is 0. The van der Waals surface area contributed by atoms with Gasteiger partial charge in [0.2, 0.25) is 0 Å². The second-order valence-electron chi connectivity index (χ2n) is 3.45. The molecule has 0 saturated carbocycles. The molecule has 0 aliphatic carbocycles. The van der Waals surface area contributed by atoms with Crippen LogP contribution in [0, 0.1) is 0 Å². The number of hydrogen-bond donors (Lipinski definition) is 1. The van der Waals surface area contributed by atoms with Crippen LogP contribution in [0.3, 0.4) is 0 Å². The van der Waals surface area contributed by atoms with Crippen molar-refractivity contribution in [2.75, 3.05) is 13.2 Å². The smallest absolute Gasteiger partial charge is 0.123 e. The normalized spacial score (nSPS) is 21.9. The molecule has 3 nitrogen and oxygen atoms in total. The number of hydrogen-bond acceptors (Lipinski definition) is 3. The Morgan fingerprint density at radius 1 is 1.43 bits per heavy atom. The quantitative estimate of drug-likeness (QED) is 0.782. The first-order valence-corrected chi connectivity index (χ1v) is 4.88. The van der Waals surface area contributed by atoms with Crippen LogP contribution < -0.4 is 4.74 Å². The summed E-state index contributed by atoms with van der Waals surface area (Å²) in [4.78, 5) is 0. The van der Waals surface area contributed by atoms with Gasteiger partial charge in [-0.1, -0.05) is 6.07 Å². The Labute approximate surface area is 83.3 Å². The highest BCUT2D eigenvalue weighted by molar-refractivity contribution is 5.31. The first-order chi connectivity index (χ1) is 6.84. The lowest BCUT2D eigenvalue weighted by Gasteiger charge is -2.23. The lowest BCUT2D eigenvalue weighted by Crippen LogP contribution is -2.27. The highest BCUT2D eigenvalue weighted by Gasteiger charge is 2.15. The average molecular weight is 194 g/mol. The van der Waals surface area contributed by atoms with Crippen molar-refractivity contribution in [1.82, 2.24) is 0 Å². The summed E-state index contributed by atoms with van der Waals surface area (Å²) in [6.07, 6.45) is 2.20. The molecule has 1 aromatic rings. The Bertz CT molecular complexity index is 292. The third-order valence-corrected chi connectivity index (χ3v) is 2.24. The van der Waals surface area contributed by atoms with Gasteiger partial charge in [-0.15, -0.1) is 0 Å². The summed E-state index contributed by atoms with van der Waals surface area (Å²) in [6, 6.07) is 6.86. The maximum absolute atomic E-state index is 9.23. The summed E-state index contributed by atoms with van der Waals surface area (Å²) >= 11 is 0. The zero-order chi connectivity index (χ0) is 9.80. The molecule has 2 rings (SSSR count). The molecule has 0 radical (unpaired) electrons. The van der Waals surface area contributed by atoms with E-state index in [9.17, 15) is 5.11 Å². The van der Waals surface area contributed by atoms with Crippen LogP contribution in [0.2, 0.25) is 0 Å². The zero-order valence-corrected chi connectivity index (χ0v) is 7.98. The van der Waals surface area contributed by atoms with Crippen LogP contribution in [-0.2, 0) is 4.74 Å². The molecule has 1 heterocycles. The minimum atomic E-state index is 0.130. The summed E-state index contributed by atoms with van der Waals surface area (Å²) in [6.45, 7) is 1.48. The SMILES string of the molecule is Oc1cccc(OC2CCCOC2)c1. The van der Waals surface area contributed by atoms with E-state index in [0.29, 0.717) is 12.4 Å². The minimum absolute atomic E-state index is 0.130. The Morgan fingerprint density at radius 3 is 3.07 bits per heavy atom. The van der Waals surface area contributed by atoms with Gasteiger partial charge < -0.3 is 14.6 Å². The molecule has 1 saturated heterocycles. The highest BCUT2D eigenvalue weighted by atomic mass is 16.5. The second kappa shape index (κ2) is 4.33. The van der Waals surface area contributed by atoms with Gasteiger partial charge in [-0.25, -0.2) is 0 Å². The van der Waals surface area contributed by atoms with Gasteiger partial charge in [0.1, 0.15) is 17.6 Å². The summed E-state index contributed by atoms with van der Waals surface area (Å²) in [5.74, 6) is 0.944. The van der Waals surface area contributed by atoms with E-state index in [-0.39, 0.29) is 11.9 Å². The minimum Gasteiger partial charge on any atom is -0.508 e. The average Bonchev–Trinajstić information content (AvgIpc) is 2.19. The van der Waals surface area contributed by atoms with Crippen molar-refractivity contribution in [1.29, 1.82) is 0 Å². The van der Waals surface area contributed by atoms with E-state index >= 15 is 0 Å². The van der Waals surface area contributed by atoms with Crippen LogP contribution in [0.25, 0.3) is 0 Å². The molecule has 1 N–H and O–H groups in total. The van der Waals surface area contributed by atoms with E-state index in [0.717, 1.165) is 19.4 Å². The molecule has 0 amide bonds. The molecule has 1 aliphatic heterocycles. The van der Waals surface area contributed by atoms with Gasteiger partial charge in [0.15, 0.2) is 0 Å². The Balaban J connectivity index is 1.95. The standard InChI is InChI=1S/C11H14O3/c12-9-3-1-4-10(7-9)14-11-5-2-6-13-8-11/h1,3-4,7,11-12H,2,5-6,8H2. The molecule has 76 valence electrons. The van der Waals surface area contributed by atoms with Crippen LogP contribution in [0.1, 0.15) is 12.8 Å². The van der Waals surface area contributed by atoms with Crippen molar-refractivity contribution in [2.45, 2.75) is 18.9 Å². The number of ether oxygens (including phenoxy) is 2. The molecule has 0 aromatic heterocycles. The van der Waals surface area contributed by atoms with Crippen LogP contribution >= 0.6 is 0 Å². The summed E-state index contributed by atoms with van der Waals surface area (Å²) in [7, 11) is 0. The zero-order valence-electron chi connectivity index (χ0n) is 7.98. The predicted molar refractivity (Wildman–Crippen MR) is 52.6 cm³/mol. The van der Waals surface area contributed by atoms with Gasteiger partial charge >= 0.3 is 0 Å². The molecule has 1 unspecified atom stereocenters. The van der Waals surface area contributed by atoms with Crippen molar-refractivity contribution in [3.05, 3.63) is 24.3 Å². The lowest BCUT2D eigenvalue weighted by molar-refractivity contribution is 0.00736. The number of phenolic OH excluding ortho intramolecular Hbond substituents is 1. The molecule has 1 atom stereocenters. The van der Waals surface area contributed by atoms with Crippen molar-refractivity contribution in [3.8, 4) is 11.5 Å². The van der Waals surface area contributed by atoms with Crippen LogP contribution in [0.5, 0.6) is 11.5 Å². The predicted octanol–water partition coefficient (Wildman–Crippen LogP) is 1.95. The number of benzene rings is 1. The number of phenols is 1. The maximum atomic E-state index is 9.23. The van der Waals surface area contributed by atoms with Crippen LogP contribution in [0.15, 0.2) is 24.3 Å². The topological polar surface area (TPSA) is 38.7 Å². The van der Waals surface area contributed by atoms with Gasteiger partial charge in [0.05, 0.1) is 6.61 Å². The Kier molecular flexibility index (Phi) is 2.89. The maximum Gasteiger partial charge on any atom is 0.123 e. The summed E-state index contributed by atoms with van der Waals surface area (Å²) < 4.78 is 10.9. The molecular weight excluding hydrogens is 180 g/mol. The molecule has 1 aromatic carbocycles. The van der Waals surface area contributed by atoms with E-state index < -0.39 is 0 Å². The van der Waals surface area contributed by atoms with Crippen LogP contribution in [-0.4, -0.2) is 24.4 Å². The van der Waals surface area contributed by atoms with E-state index in [2.05, 4.69) is 0 Å². The summed E-state index contributed by atoms with van der Waals surface area (Å²) in [5, 5.41) is 9.23. The van der Waals surface area contributed by atoms with E-state index in [1.807, 2.05) is 6.07 Å². The monoisotopic (exact) mass is 194 g/mol. The molecular formula is C11H14O3. The van der Waals surface area contributed by atoms with Gasteiger partial charge in [-0.2, -0.15) is 0 Å². The molecule has 3 heteroatoms. The second-order valence-corrected chi connectivity index (χ2v) is 3.45. The van der Waals surface area contributed by atoms with Crippen LogP contribution in [0.4, 0.5) is 0 Å². The third-order valence-electron chi connectivity index (χ3n) is 2.24. The van der Waals surface area contributed by atoms with Crippen molar-refractivity contribution in [3.63, 3.8) is 0 Å². The Morgan fingerprint density at radius 2 is 2.36 bits per heavy atom. The van der Waals surface area contributed by atoms with Gasteiger partial charge in [-0.3, -0.25) is 0 Å². The number of aromatic hydroxyl groups is 1. The van der Waals surface area contributed by atoms with Crippen molar-refractivity contribution >= 4 is 0 Å². The van der Waals surface area contributed by atoms with E-state index in [1.54, 1.807) is 18.2 Å². The first-order valence-electron chi connectivity index (χ1n) is 4.88. The molecule has 0 spiro atoms. The molecule has 14 heavy (non-hydrogen) atoms. The van der Waals surface area contributed by atoms with Crippen molar-refractivity contribution < 1.29 is 14.6 Å². The Hall–Kier alpha value is -1.22. The molecule has 1 fully saturated rings. The van der Waals surface area contributed by atoms with Gasteiger partial charge in [-0.05, 0) is 25.0 Å². The third kappa shape index (κ3) is 2.39. The van der Waals surface area contributed by atoms with E-state index in [4.69, 9.17) is 9.47 Å². The van der Waals surface area contributed by atoms with Crippen molar-refractivity contribution in [2.24, 2.45) is 0 Å². The molecule has 1 aliphatic rings. The fourth-order valence-electron chi connectivity index (χ4n) is 1.55. The lowest BCUT2D eigenvalue weighted by atomic mass is 10.2. The van der Waals surface area contributed by atoms with E-state index in [1.165, 1.54) is 0 Å². The number of rotatable bonds is 2. The highest BCUT2D eigenvalue weighted by Crippen LogP contribution is 2.21. The fraction of sp³-hybridized carbons (Fsp3) is 0.455. The fourth-order valence-corrected chi connectivity index (χ4v) is 1.55. The first kappa shape index (κ1) is 9.34. The van der Waals surface area contributed by atoms with Gasteiger partial charge in [0, 0.05) is 12.7 Å².